The van der Waals surface area contributed by atoms with E-state index in [-0.39, 0.29) is 5.91 Å². The van der Waals surface area contributed by atoms with E-state index in [2.05, 4.69) is 66.1 Å². The summed E-state index contributed by atoms with van der Waals surface area (Å²) in [6, 6.07) is 21.3. The van der Waals surface area contributed by atoms with Crippen molar-refractivity contribution in [3.8, 4) is 0 Å². The third kappa shape index (κ3) is 3.80. The molecule has 0 saturated heterocycles. The summed E-state index contributed by atoms with van der Waals surface area (Å²) in [6.07, 6.45) is 7.00. The molecule has 30 heavy (non-hydrogen) atoms. The quantitative estimate of drug-likeness (QED) is 0.471. The summed E-state index contributed by atoms with van der Waals surface area (Å²) in [6.45, 7) is 2.17. The first-order valence-electron chi connectivity index (χ1n) is 10.6. The number of amides is 1. The van der Waals surface area contributed by atoms with Gasteiger partial charge in [0, 0.05) is 33.5 Å². The maximum atomic E-state index is 12.5. The first-order chi connectivity index (χ1) is 14.7. The molecule has 3 nitrogen and oxygen atoms in total. The van der Waals surface area contributed by atoms with Crippen LogP contribution in [-0.4, -0.2) is 5.91 Å². The third-order valence-corrected chi connectivity index (χ3v) is 7.28. The molecule has 5 rings (SSSR count). The fourth-order valence-corrected chi connectivity index (χ4v) is 5.71. The molecular formula is C26H26N2OS. The zero-order valence-electron chi connectivity index (χ0n) is 17.1. The number of hydrogen-bond donors (Lipinski definition) is 2. The van der Waals surface area contributed by atoms with E-state index >= 15 is 0 Å². The van der Waals surface area contributed by atoms with Gasteiger partial charge in [0.1, 0.15) is 0 Å². The Morgan fingerprint density at radius 1 is 1.13 bits per heavy atom. The summed E-state index contributed by atoms with van der Waals surface area (Å²) in [4.78, 5) is 15.2. The van der Waals surface area contributed by atoms with Crippen LogP contribution in [0, 0.1) is 12.8 Å². The molecule has 4 heteroatoms. The van der Waals surface area contributed by atoms with Crippen LogP contribution < -0.4 is 10.6 Å². The van der Waals surface area contributed by atoms with Gasteiger partial charge in [-0.25, -0.2) is 0 Å². The molecule has 1 aliphatic heterocycles. The number of carbonyl (C=O) groups excluding carboxylic acids is 1. The third-order valence-electron chi connectivity index (χ3n) is 6.20. The van der Waals surface area contributed by atoms with E-state index in [0.29, 0.717) is 24.3 Å². The SMILES string of the molecule is Cc1ccc(C2Nc3ccc(NC(=O)CCc4ccccc4)cc3C3C=CCC32)s1. The van der Waals surface area contributed by atoms with Crippen LogP contribution >= 0.6 is 11.3 Å². The number of aryl methyl sites for hydroxylation is 2. The monoisotopic (exact) mass is 414 g/mol. The van der Waals surface area contributed by atoms with Crippen LogP contribution in [0.15, 0.2) is 72.8 Å². The van der Waals surface area contributed by atoms with Crippen molar-refractivity contribution in [2.24, 2.45) is 5.92 Å². The topological polar surface area (TPSA) is 41.1 Å². The number of nitrogens with one attached hydrogen (secondary N) is 2. The van der Waals surface area contributed by atoms with Crippen LogP contribution in [0.4, 0.5) is 11.4 Å². The Morgan fingerprint density at radius 2 is 2.00 bits per heavy atom. The van der Waals surface area contributed by atoms with Gasteiger partial charge in [0.05, 0.1) is 6.04 Å². The summed E-state index contributed by atoms with van der Waals surface area (Å²) >= 11 is 1.89. The molecular weight excluding hydrogens is 388 g/mol. The molecule has 2 N–H and O–H groups in total. The molecule has 0 radical (unpaired) electrons. The minimum Gasteiger partial charge on any atom is -0.377 e. The molecule has 0 fully saturated rings. The van der Waals surface area contributed by atoms with E-state index in [4.69, 9.17) is 0 Å². The van der Waals surface area contributed by atoms with Crippen molar-refractivity contribution in [3.63, 3.8) is 0 Å². The smallest absolute Gasteiger partial charge is 0.224 e. The Balaban J connectivity index is 1.32. The van der Waals surface area contributed by atoms with Gasteiger partial charge in [-0.05, 0) is 67.1 Å². The largest absolute Gasteiger partial charge is 0.377 e. The zero-order chi connectivity index (χ0) is 20.5. The van der Waals surface area contributed by atoms with Gasteiger partial charge in [-0.15, -0.1) is 11.3 Å². The Bertz CT molecular complexity index is 1090. The number of carbonyl (C=O) groups is 1. The van der Waals surface area contributed by atoms with E-state index < -0.39 is 0 Å². The summed E-state index contributed by atoms with van der Waals surface area (Å²) in [7, 11) is 0. The highest BCUT2D eigenvalue weighted by molar-refractivity contribution is 7.12. The number of allylic oxidation sites excluding steroid dienone is 2. The van der Waals surface area contributed by atoms with Crippen molar-refractivity contribution in [3.05, 3.63) is 93.7 Å². The Hall–Kier alpha value is -2.85. The van der Waals surface area contributed by atoms with Crippen LogP contribution in [0.25, 0.3) is 0 Å². The molecule has 152 valence electrons. The van der Waals surface area contributed by atoms with E-state index in [0.717, 1.165) is 18.5 Å². The van der Waals surface area contributed by atoms with E-state index in [1.54, 1.807) is 0 Å². The molecule has 0 spiro atoms. The van der Waals surface area contributed by atoms with Crippen molar-refractivity contribution >= 4 is 28.6 Å². The van der Waals surface area contributed by atoms with Crippen LogP contribution in [0.5, 0.6) is 0 Å². The number of benzene rings is 2. The van der Waals surface area contributed by atoms with Gasteiger partial charge in [-0.3, -0.25) is 4.79 Å². The van der Waals surface area contributed by atoms with Gasteiger partial charge in [0.15, 0.2) is 0 Å². The molecule has 3 unspecified atom stereocenters. The fourth-order valence-electron chi connectivity index (χ4n) is 4.70. The van der Waals surface area contributed by atoms with Crippen molar-refractivity contribution in [2.75, 3.05) is 10.6 Å². The average Bonchev–Trinajstić information content (AvgIpc) is 3.42. The van der Waals surface area contributed by atoms with Crippen LogP contribution in [-0.2, 0) is 11.2 Å². The summed E-state index contributed by atoms with van der Waals surface area (Å²) in [5, 5.41) is 6.88. The lowest BCUT2D eigenvalue weighted by molar-refractivity contribution is -0.116. The lowest BCUT2D eigenvalue weighted by Gasteiger charge is -2.37. The highest BCUT2D eigenvalue weighted by Crippen LogP contribution is 2.51. The normalized spacial score (nSPS) is 21.6. The Labute approximate surface area is 181 Å². The molecule has 2 aliphatic rings. The van der Waals surface area contributed by atoms with Gasteiger partial charge >= 0.3 is 0 Å². The highest BCUT2D eigenvalue weighted by Gasteiger charge is 2.38. The predicted octanol–water partition coefficient (Wildman–Crippen LogP) is 6.45. The Morgan fingerprint density at radius 3 is 2.80 bits per heavy atom. The maximum Gasteiger partial charge on any atom is 0.224 e. The second kappa shape index (κ2) is 8.11. The van der Waals surface area contributed by atoms with Crippen molar-refractivity contribution in [1.29, 1.82) is 0 Å². The number of anilines is 2. The lowest BCUT2D eigenvalue weighted by atomic mass is 9.79. The molecule has 0 bridgehead atoms. The number of hydrogen-bond acceptors (Lipinski definition) is 3. The summed E-state index contributed by atoms with van der Waals surface area (Å²) in [5.74, 6) is 0.988. The van der Waals surface area contributed by atoms with Crippen LogP contribution in [0.1, 0.15) is 45.7 Å². The predicted molar refractivity (Wildman–Crippen MR) is 125 cm³/mol. The van der Waals surface area contributed by atoms with Crippen LogP contribution in [0.3, 0.4) is 0 Å². The molecule has 2 aromatic carbocycles. The van der Waals surface area contributed by atoms with E-state index in [1.807, 2.05) is 35.6 Å². The van der Waals surface area contributed by atoms with Gasteiger partial charge in [-0.2, -0.15) is 0 Å². The fraction of sp³-hybridized carbons (Fsp3) is 0.269. The number of fused-ring (bicyclic) bond motifs is 3. The highest BCUT2D eigenvalue weighted by atomic mass is 32.1. The van der Waals surface area contributed by atoms with Gasteiger partial charge in [0.25, 0.3) is 0 Å². The van der Waals surface area contributed by atoms with E-state index in [1.165, 1.54) is 26.6 Å². The molecule has 1 aromatic heterocycles. The van der Waals surface area contributed by atoms with Crippen molar-refractivity contribution in [1.82, 2.24) is 0 Å². The minimum atomic E-state index is 0.0630. The van der Waals surface area contributed by atoms with Crippen LogP contribution in [0.2, 0.25) is 0 Å². The van der Waals surface area contributed by atoms with Crippen molar-refractivity contribution < 1.29 is 4.79 Å². The summed E-state index contributed by atoms with van der Waals surface area (Å²) < 4.78 is 0. The lowest BCUT2D eigenvalue weighted by Crippen LogP contribution is -2.28. The van der Waals surface area contributed by atoms with Crippen molar-refractivity contribution in [2.45, 2.75) is 38.1 Å². The summed E-state index contributed by atoms with van der Waals surface area (Å²) in [5.41, 5.74) is 4.55. The second-order valence-electron chi connectivity index (χ2n) is 8.26. The number of thiophene rings is 1. The molecule has 1 aliphatic carbocycles. The zero-order valence-corrected chi connectivity index (χ0v) is 17.9. The number of rotatable bonds is 5. The molecule has 0 saturated carbocycles. The van der Waals surface area contributed by atoms with E-state index in [9.17, 15) is 4.79 Å². The first kappa shape index (κ1) is 19.1. The minimum absolute atomic E-state index is 0.0630. The molecule has 3 atom stereocenters. The maximum absolute atomic E-state index is 12.5. The van der Waals surface area contributed by atoms with Gasteiger partial charge < -0.3 is 10.6 Å². The van der Waals surface area contributed by atoms with Gasteiger partial charge in [-0.1, -0.05) is 42.5 Å². The molecule has 2 heterocycles. The Kier molecular flexibility index (Phi) is 5.17. The second-order valence-corrected chi connectivity index (χ2v) is 9.58. The molecule has 1 amide bonds. The van der Waals surface area contributed by atoms with Gasteiger partial charge in [0.2, 0.25) is 5.91 Å². The first-order valence-corrected chi connectivity index (χ1v) is 11.5. The molecule has 3 aromatic rings. The standard InChI is InChI=1S/C26H26N2OS/c1-17-10-14-24(30-17)26-21-9-5-8-20(21)22-16-19(12-13-23(22)28-26)27-25(29)15-11-18-6-3-2-4-7-18/h2-8,10,12-14,16,20-21,26,28H,9,11,15H2,1H3,(H,27,29). The average molecular weight is 415 g/mol.